The second-order valence-corrected chi connectivity index (χ2v) is 10.5. The number of rotatable bonds is 3. The lowest BCUT2D eigenvalue weighted by Gasteiger charge is -2.37. The molecule has 5 rings (SSSR count). The van der Waals surface area contributed by atoms with E-state index in [9.17, 15) is 19.1 Å². The summed E-state index contributed by atoms with van der Waals surface area (Å²) in [6.45, 7) is 7.67. The van der Waals surface area contributed by atoms with Crippen molar-refractivity contribution < 1.29 is 23.8 Å². The number of anilines is 1. The Bertz CT molecular complexity index is 1550. The lowest BCUT2D eigenvalue weighted by molar-refractivity contribution is -0.00140. The predicted molar refractivity (Wildman–Crippen MR) is 139 cm³/mol. The molecule has 1 aromatic carbocycles. The summed E-state index contributed by atoms with van der Waals surface area (Å²) in [5.41, 5.74) is 2.33. The van der Waals surface area contributed by atoms with Gasteiger partial charge >= 0.3 is 6.09 Å². The zero-order chi connectivity index (χ0) is 27.2. The van der Waals surface area contributed by atoms with E-state index in [4.69, 9.17) is 4.74 Å². The number of ether oxygens (including phenoxy) is 1. The van der Waals surface area contributed by atoms with Crippen LogP contribution in [0.1, 0.15) is 54.7 Å². The fourth-order valence-corrected chi connectivity index (χ4v) is 4.79. The maximum absolute atomic E-state index is 14.5. The number of nitrogens with one attached hydrogen (secondary N) is 1. The molecule has 4 aromatic rings. The van der Waals surface area contributed by atoms with Gasteiger partial charge in [-0.1, -0.05) is 6.07 Å². The second kappa shape index (κ2) is 9.64. The third-order valence-electron chi connectivity index (χ3n) is 6.42. The van der Waals surface area contributed by atoms with Crippen LogP contribution in [0.5, 0.6) is 0 Å². The Kier molecular flexibility index (Phi) is 6.47. The van der Waals surface area contributed by atoms with Gasteiger partial charge in [0.15, 0.2) is 11.5 Å². The fraction of sp³-hybridized carbons (Fsp3) is 0.370. The van der Waals surface area contributed by atoms with E-state index < -0.39 is 29.5 Å². The number of aliphatic hydroxyl groups excluding tert-OH is 1. The number of nitrogens with zero attached hydrogens (tertiary/aromatic N) is 5. The van der Waals surface area contributed by atoms with Gasteiger partial charge in [-0.3, -0.25) is 14.8 Å². The fourth-order valence-electron chi connectivity index (χ4n) is 4.79. The van der Waals surface area contributed by atoms with Crippen molar-refractivity contribution in [1.82, 2.24) is 24.3 Å². The minimum Gasteiger partial charge on any atom is -0.444 e. The first kappa shape index (κ1) is 25.5. The van der Waals surface area contributed by atoms with E-state index in [0.29, 0.717) is 29.7 Å². The van der Waals surface area contributed by atoms with Crippen LogP contribution >= 0.6 is 0 Å². The largest absolute Gasteiger partial charge is 0.444 e. The van der Waals surface area contributed by atoms with Gasteiger partial charge in [0.05, 0.1) is 35.1 Å². The van der Waals surface area contributed by atoms with Crippen LogP contribution < -0.4 is 5.32 Å². The van der Waals surface area contributed by atoms with Crippen molar-refractivity contribution in [3.05, 3.63) is 65.6 Å². The molecule has 0 saturated carbocycles. The molecule has 2 atom stereocenters. The number of piperidine rings is 1. The van der Waals surface area contributed by atoms with Crippen LogP contribution in [0.3, 0.4) is 0 Å². The minimum atomic E-state index is -0.852. The summed E-state index contributed by atoms with van der Waals surface area (Å²) < 4.78 is 21.5. The predicted octanol–water partition coefficient (Wildman–Crippen LogP) is 4.06. The number of benzene rings is 1. The summed E-state index contributed by atoms with van der Waals surface area (Å²) in [6.07, 6.45) is 5.45. The van der Waals surface area contributed by atoms with E-state index in [-0.39, 0.29) is 29.4 Å². The summed E-state index contributed by atoms with van der Waals surface area (Å²) in [5, 5.41) is 13.7. The van der Waals surface area contributed by atoms with Gasteiger partial charge in [0.2, 0.25) is 0 Å². The lowest BCUT2D eigenvalue weighted by atomic mass is 9.85. The van der Waals surface area contributed by atoms with Crippen molar-refractivity contribution in [2.24, 2.45) is 0 Å². The molecule has 1 fully saturated rings. The molecule has 198 valence electrons. The van der Waals surface area contributed by atoms with Crippen molar-refractivity contribution in [3.8, 4) is 0 Å². The Labute approximate surface area is 218 Å². The van der Waals surface area contributed by atoms with Crippen molar-refractivity contribution in [2.75, 3.05) is 18.4 Å². The van der Waals surface area contributed by atoms with Crippen LogP contribution in [0.4, 0.5) is 14.9 Å². The van der Waals surface area contributed by atoms with E-state index in [1.54, 1.807) is 52.2 Å². The van der Waals surface area contributed by atoms with Crippen molar-refractivity contribution in [1.29, 1.82) is 0 Å². The summed E-state index contributed by atoms with van der Waals surface area (Å²) in [5.74, 6) is -1.34. The van der Waals surface area contributed by atoms with E-state index in [0.717, 1.165) is 5.56 Å². The molecule has 0 spiro atoms. The van der Waals surface area contributed by atoms with Crippen molar-refractivity contribution >= 4 is 34.4 Å². The SMILES string of the molecule is Cc1cn2cc(NC(=O)c3ccc([C@H]4CCN(C(=O)OC(C)(C)C)C[C@H]4O)c4nccnc34)cc(F)c2n1. The number of aryl methyl sites for hydroxylation is 1. The molecular formula is C27H29FN6O4. The molecule has 1 saturated heterocycles. The van der Waals surface area contributed by atoms with E-state index in [2.05, 4.69) is 20.3 Å². The van der Waals surface area contributed by atoms with Gasteiger partial charge in [0, 0.05) is 43.3 Å². The third kappa shape index (κ3) is 5.01. The Morgan fingerprint density at radius 2 is 1.89 bits per heavy atom. The van der Waals surface area contributed by atoms with Crippen molar-refractivity contribution in [2.45, 2.75) is 51.7 Å². The van der Waals surface area contributed by atoms with Gasteiger partial charge in [-0.25, -0.2) is 14.2 Å². The van der Waals surface area contributed by atoms with E-state index in [1.165, 1.54) is 27.8 Å². The van der Waals surface area contributed by atoms with Gasteiger partial charge < -0.3 is 24.5 Å². The van der Waals surface area contributed by atoms with Crippen molar-refractivity contribution in [3.63, 3.8) is 0 Å². The highest BCUT2D eigenvalue weighted by atomic mass is 19.1. The summed E-state index contributed by atoms with van der Waals surface area (Å²) in [6, 6.07) is 4.60. The van der Waals surface area contributed by atoms with Crippen LogP contribution in [0.15, 0.2) is 43.0 Å². The highest BCUT2D eigenvalue weighted by Crippen LogP contribution is 2.34. The first-order valence-corrected chi connectivity index (χ1v) is 12.4. The van der Waals surface area contributed by atoms with Crippen LogP contribution in [0.2, 0.25) is 0 Å². The topological polar surface area (TPSA) is 122 Å². The number of imidazole rings is 1. The number of halogens is 1. The highest BCUT2D eigenvalue weighted by molar-refractivity contribution is 6.11. The standard InChI is InChI=1S/C27H29FN6O4/c1-15-12-34-13-16(11-20(28)24(34)31-15)32-25(36)19-6-5-18(22-23(19)30-9-8-29-22)17-7-10-33(14-21(17)35)26(37)38-27(2,3)4/h5-6,8-9,11-13,17,21,35H,7,10,14H2,1-4H3,(H,32,36)/t17-,21-/m1/s1. The monoisotopic (exact) mass is 520 g/mol. The quantitative estimate of drug-likeness (QED) is 0.418. The smallest absolute Gasteiger partial charge is 0.410 e. The van der Waals surface area contributed by atoms with Crippen LogP contribution in [-0.4, -0.2) is 66.2 Å². The number of carbonyl (C=O) groups is 2. The molecule has 0 radical (unpaired) electrons. The molecule has 1 aliphatic rings. The molecule has 0 bridgehead atoms. The first-order valence-electron chi connectivity index (χ1n) is 12.4. The van der Waals surface area contributed by atoms with Gasteiger partial charge in [-0.2, -0.15) is 0 Å². The van der Waals surface area contributed by atoms with E-state index >= 15 is 0 Å². The van der Waals surface area contributed by atoms with Crippen LogP contribution in [-0.2, 0) is 4.74 Å². The maximum Gasteiger partial charge on any atom is 0.410 e. The second-order valence-electron chi connectivity index (χ2n) is 10.5. The van der Waals surface area contributed by atoms with Gasteiger partial charge in [0.1, 0.15) is 11.1 Å². The highest BCUT2D eigenvalue weighted by Gasteiger charge is 2.34. The molecule has 38 heavy (non-hydrogen) atoms. The molecule has 1 aliphatic heterocycles. The number of likely N-dealkylation sites (tertiary alicyclic amines) is 1. The molecular weight excluding hydrogens is 491 g/mol. The number of carbonyl (C=O) groups excluding carboxylic acids is 2. The van der Waals surface area contributed by atoms with Crippen LogP contribution in [0.25, 0.3) is 16.7 Å². The number of aliphatic hydroxyl groups is 1. The summed E-state index contributed by atoms with van der Waals surface area (Å²) >= 11 is 0. The molecule has 2 N–H and O–H groups in total. The zero-order valence-electron chi connectivity index (χ0n) is 21.6. The summed E-state index contributed by atoms with van der Waals surface area (Å²) in [4.78, 5) is 40.2. The maximum atomic E-state index is 14.5. The molecule has 2 amide bonds. The Morgan fingerprint density at radius 1 is 1.16 bits per heavy atom. The van der Waals surface area contributed by atoms with Gasteiger partial charge in [-0.05, 0) is 45.7 Å². The van der Waals surface area contributed by atoms with Crippen LogP contribution in [0, 0.1) is 12.7 Å². The Balaban J connectivity index is 1.40. The number of hydrogen-bond donors (Lipinski definition) is 2. The van der Waals surface area contributed by atoms with E-state index in [1.807, 2.05) is 0 Å². The number of amides is 2. The number of pyridine rings is 1. The molecule has 10 nitrogen and oxygen atoms in total. The first-order chi connectivity index (χ1) is 18.0. The number of β-amino-alcohol motifs (C(OH)–C–C–N with tert-alkyl or cyclic N) is 1. The number of hydrogen-bond acceptors (Lipinski definition) is 7. The number of aromatic nitrogens is 4. The molecule has 4 heterocycles. The summed E-state index contributed by atoms with van der Waals surface area (Å²) in [7, 11) is 0. The molecule has 0 aliphatic carbocycles. The number of fused-ring (bicyclic) bond motifs is 2. The van der Waals surface area contributed by atoms with Gasteiger partial charge in [0.25, 0.3) is 5.91 Å². The molecule has 11 heteroatoms. The lowest BCUT2D eigenvalue weighted by Crippen LogP contribution is -2.47. The third-order valence-corrected chi connectivity index (χ3v) is 6.42. The van der Waals surface area contributed by atoms with Gasteiger partial charge in [-0.15, -0.1) is 0 Å². The molecule has 0 unspecified atom stereocenters. The molecule has 3 aromatic heterocycles. The zero-order valence-corrected chi connectivity index (χ0v) is 21.6. The Hall–Kier alpha value is -4.12. The average molecular weight is 521 g/mol. The normalized spacial score (nSPS) is 18.1. The average Bonchev–Trinajstić information content (AvgIpc) is 3.23. The minimum absolute atomic E-state index is 0.116. The Morgan fingerprint density at radius 3 is 2.61 bits per heavy atom.